The molecule has 1 heterocycles. The van der Waals surface area contributed by atoms with Gasteiger partial charge in [0.2, 0.25) is 12.3 Å². The second kappa shape index (κ2) is 5.65. The monoisotopic (exact) mass is 255 g/mol. The lowest BCUT2D eigenvalue weighted by molar-refractivity contribution is -0.683. The summed E-state index contributed by atoms with van der Waals surface area (Å²) in [5, 5.41) is 0. The molecule has 0 aliphatic heterocycles. The number of aryl methyl sites for hydroxylation is 1. The van der Waals surface area contributed by atoms with Crippen molar-refractivity contribution in [3.8, 4) is 0 Å². The van der Waals surface area contributed by atoms with Gasteiger partial charge in [-0.05, 0) is 6.92 Å². The van der Waals surface area contributed by atoms with E-state index in [0.717, 1.165) is 11.3 Å². The fraction of sp³-hybridized carbons (Fsp3) is 0.250. The molecule has 3 nitrogen and oxygen atoms in total. The Morgan fingerprint density at radius 3 is 2.16 bits per heavy atom. The molecule has 98 valence electrons. The molecule has 2 rings (SSSR count). The van der Waals surface area contributed by atoms with Crippen LogP contribution < -0.4 is 9.47 Å². The third-order valence-corrected chi connectivity index (χ3v) is 3.09. The SMILES string of the molecule is Cc1ccc(C(=O)C[n+]2ccc(N(C)C)cc2)cc1. The Labute approximate surface area is 114 Å². The van der Waals surface area contributed by atoms with E-state index in [9.17, 15) is 4.79 Å². The van der Waals surface area contributed by atoms with Crippen LogP contribution in [0.5, 0.6) is 0 Å². The van der Waals surface area contributed by atoms with Gasteiger partial charge in [0, 0.05) is 37.5 Å². The van der Waals surface area contributed by atoms with Gasteiger partial charge in [0.15, 0.2) is 12.4 Å². The number of benzene rings is 1. The van der Waals surface area contributed by atoms with Gasteiger partial charge < -0.3 is 4.90 Å². The van der Waals surface area contributed by atoms with Gasteiger partial charge in [-0.15, -0.1) is 0 Å². The Hall–Kier alpha value is -2.16. The number of aromatic nitrogens is 1. The van der Waals surface area contributed by atoms with Crippen LogP contribution in [0.3, 0.4) is 0 Å². The summed E-state index contributed by atoms with van der Waals surface area (Å²) in [5.74, 6) is 0.127. The van der Waals surface area contributed by atoms with E-state index < -0.39 is 0 Å². The molecule has 0 unspecified atom stereocenters. The van der Waals surface area contributed by atoms with Crippen LogP contribution in [-0.2, 0) is 6.54 Å². The van der Waals surface area contributed by atoms with Crippen molar-refractivity contribution in [2.45, 2.75) is 13.5 Å². The molecule has 1 aromatic heterocycles. The Morgan fingerprint density at radius 1 is 1.05 bits per heavy atom. The van der Waals surface area contributed by atoms with E-state index in [1.54, 1.807) is 0 Å². The van der Waals surface area contributed by atoms with Crippen LogP contribution in [0.1, 0.15) is 15.9 Å². The first-order valence-electron chi connectivity index (χ1n) is 6.32. The maximum Gasteiger partial charge on any atom is 0.227 e. The van der Waals surface area contributed by atoms with Gasteiger partial charge in [0.25, 0.3) is 0 Å². The van der Waals surface area contributed by atoms with Crippen molar-refractivity contribution in [3.63, 3.8) is 0 Å². The zero-order chi connectivity index (χ0) is 13.8. The molecule has 0 spiro atoms. The van der Waals surface area contributed by atoms with Gasteiger partial charge in [-0.25, -0.2) is 0 Å². The number of carbonyl (C=O) groups excluding carboxylic acids is 1. The standard InChI is InChI=1S/C16H19N2O/c1-13-4-6-14(7-5-13)16(19)12-18-10-8-15(9-11-18)17(2)3/h4-11H,12H2,1-3H3/q+1. The minimum absolute atomic E-state index is 0.127. The topological polar surface area (TPSA) is 24.2 Å². The molecule has 3 heteroatoms. The van der Waals surface area contributed by atoms with Crippen molar-refractivity contribution in [2.75, 3.05) is 19.0 Å². The lowest BCUT2D eigenvalue weighted by Gasteiger charge is -2.10. The number of carbonyl (C=O) groups is 1. The second-order valence-corrected chi connectivity index (χ2v) is 4.91. The molecule has 0 saturated carbocycles. The van der Waals surface area contributed by atoms with Crippen molar-refractivity contribution >= 4 is 11.5 Å². The Morgan fingerprint density at radius 2 is 1.63 bits per heavy atom. The van der Waals surface area contributed by atoms with Crippen LogP contribution in [0.2, 0.25) is 0 Å². The number of anilines is 1. The molecule has 2 aromatic rings. The maximum absolute atomic E-state index is 12.1. The number of rotatable bonds is 4. The number of hydrogen-bond donors (Lipinski definition) is 0. The van der Waals surface area contributed by atoms with Gasteiger partial charge in [0.05, 0.1) is 0 Å². The first-order valence-corrected chi connectivity index (χ1v) is 6.32. The number of pyridine rings is 1. The third-order valence-electron chi connectivity index (χ3n) is 3.09. The minimum Gasteiger partial charge on any atom is -0.377 e. The molecule has 0 N–H and O–H groups in total. The summed E-state index contributed by atoms with van der Waals surface area (Å²) in [6.07, 6.45) is 3.86. The number of hydrogen-bond acceptors (Lipinski definition) is 2. The predicted octanol–water partition coefficient (Wildman–Crippen LogP) is 2.23. The van der Waals surface area contributed by atoms with Crippen LogP contribution in [-0.4, -0.2) is 19.9 Å². The van der Waals surface area contributed by atoms with Crippen molar-refractivity contribution in [1.82, 2.24) is 0 Å². The molecule has 0 fully saturated rings. The maximum atomic E-state index is 12.1. The Bertz CT molecular complexity index is 556. The van der Waals surface area contributed by atoms with Crippen molar-refractivity contribution in [2.24, 2.45) is 0 Å². The first-order chi connectivity index (χ1) is 9.06. The normalized spacial score (nSPS) is 10.3. The smallest absolute Gasteiger partial charge is 0.227 e. The van der Waals surface area contributed by atoms with E-state index in [4.69, 9.17) is 0 Å². The first kappa shape index (κ1) is 13.3. The molecule has 0 aliphatic rings. The van der Waals surface area contributed by atoms with Crippen LogP contribution in [0, 0.1) is 6.92 Å². The van der Waals surface area contributed by atoms with E-state index in [1.807, 2.05) is 79.3 Å². The highest BCUT2D eigenvalue weighted by atomic mass is 16.1. The summed E-state index contributed by atoms with van der Waals surface area (Å²) in [6, 6.07) is 11.7. The molecule has 1 aromatic carbocycles. The minimum atomic E-state index is 0.127. The van der Waals surface area contributed by atoms with Gasteiger partial charge in [-0.1, -0.05) is 29.8 Å². The van der Waals surface area contributed by atoms with E-state index in [2.05, 4.69) is 0 Å². The number of ketones is 1. The Balaban J connectivity index is 2.08. The highest BCUT2D eigenvalue weighted by Gasteiger charge is 2.11. The molecular weight excluding hydrogens is 236 g/mol. The molecular formula is C16H19N2O+. The number of nitrogens with zero attached hydrogens (tertiary/aromatic N) is 2. The van der Waals surface area contributed by atoms with Gasteiger partial charge in [0.1, 0.15) is 0 Å². The van der Waals surface area contributed by atoms with E-state index in [0.29, 0.717) is 6.54 Å². The van der Waals surface area contributed by atoms with Crippen molar-refractivity contribution < 1.29 is 9.36 Å². The van der Waals surface area contributed by atoms with Gasteiger partial charge in [-0.3, -0.25) is 4.79 Å². The molecule has 0 atom stereocenters. The molecule has 0 bridgehead atoms. The van der Waals surface area contributed by atoms with Crippen molar-refractivity contribution in [3.05, 3.63) is 59.9 Å². The summed E-state index contributed by atoms with van der Waals surface area (Å²) >= 11 is 0. The predicted molar refractivity (Wildman–Crippen MR) is 76.5 cm³/mol. The van der Waals surface area contributed by atoms with Gasteiger partial charge >= 0.3 is 0 Å². The zero-order valence-electron chi connectivity index (χ0n) is 11.6. The third kappa shape index (κ3) is 3.41. The van der Waals surface area contributed by atoms with Gasteiger partial charge in [-0.2, -0.15) is 4.57 Å². The van der Waals surface area contributed by atoms with Crippen LogP contribution in [0.4, 0.5) is 5.69 Å². The Kier molecular flexibility index (Phi) is 3.95. The zero-order valence-corrected chi connectivity index (χ0v) is 11.6. The highest BCUT2D eigenvalue weighted by Crippen LogP contribution is 2.07. The average Bonchev–Trinajstić information content (AvgIpc) is 2.40. The molecule has 0 amide bonds. The lowest BCUT2D eigenvalue weighted by atomic mass is 10.1. The highest BCUT2D eigenvalue weighted by molar-refractivity contribution is 5.95. The van der Waals surface area contributed by atoms with Crippen LogP contribution in [0.25, 0.3) is 0 Å². The van der Waals surface area contributed by atoms with Crippen LogP contribution in [0.15, 0.2) is 48.8 Å². The second-order valence-electron chi connectivity index (χ2n) is 4.91. The fourth-order valence-electron chi connectivity index (χ4n) is 1.85. The van der Waals surface area contributed by atoms with E-state index >= 15 is 0 Å². The fourth-order valence-corrected chi connectivity index (χ4v) is 1.85. The van der Waals surface area contributed by atoms with Crippen molar-refractivity contribution in [1.29, 1.82) is 0 Å². The summed E-state index contributed by atoms with van der Waals surface area (Å²) in [5.41, 5.74) is 3.05. The number of Topliss-reactive ketones (excluding diaryl/α,β-unsaturated/α-hetero) is 1. The molecule has 0 saturated heterocycles. The average molecular weight is 255 g/mol. The quantitative estimate of drug-likeness (QED) is 0.618. The van der Waals surface area contributed by atoms with E-state index in [-0.39, 0.29) is 5.78 Å². The summed E-state index contributed by atoms with van der Waals surface area (Å²) in [7, 11) is 3.99. The summed E-state index contributed by atoms with van der Waals surface area (Å²) in [6.45, 7) is 2.39. The summed E-state index contributed by atoms with van der Waals surface area (Å²) < 4.78 is 1.90. The lowest BCUT2D eigenvalue weighted by Crippen LogP contribution is -2.37. The van der Waals surface area contributed by atoms with E-state index in [1.165, 1.54) is 5.56 Å². The largest absolute Gasteiger partial charge is 0.377 e. The molecule has 0 radical (unpaired) electrons. The summed E-state index contributed by atoms with van der Waals surface area (Å²) in [4.78, 5) is 14.1. The molecule has 19 heavy (non-hydrogen) atoms. The molecule has 0 aliphatic carbocycles. The van der Waals surface area contributed by atoms with Crippen LogP contribution >= 0.6 is 0 Å².